The first-order valence-corrected chi connectivity index (χ1v) is 8.77. The second-order valence-corrected chi connectivity index (χ2v) is 6.83. The molecule has 0 unspecified atom stereocenters. The summed E-state index contributed by atoms with van der Waals surface area (Å²) in [4.78, 5) is 12.0. The van der Waals surface area contributed by atoms with E-state index in [1.165, 1.54) is 0 Å². The van der Waals surface area contributed by atoms with Crippen molar-refractivity contribution in [3.05, 3.63) is 35.4 Å². The number of aliphatic hydroxyl groups is 1. The number of benzene rings is 1. The van der Waals surface area contributed by atoms with Crippen LogP contribution < -0.4 is 0 Å². The molecule has 21 heavy (non-hydrogen) atoms. The topological polar surface area (TPSA) is 72.8 Å². The molecule has 0 radical (unpaired) electrons. The molecule has 0 aromatic heterocycles. The second-order valence-electron chi connectivity index (χ2n) is 4.77. The molecule has 0 spiro atoms. The molecule has 1 N–H and O–H groups in total. The lowest BCUT2D eigenvalue weighted by atomic mass is 10.0. The van der Waals surface area contributed by atoms with Crippen LogP contribution in [0.25, 0.3) is 0 Å². The van der Waals surface area contributed by atoms with Crippen molar-refractivity contribution in [3.63, 3.8) is 0 Å². The zero-order chi connectivity index (χ0) is 15.9. The summed E-state index contributed by atoms with van der Waals surface area (Å²) in [6.07, 6.45) is -1.32. The average molecular weight is 314 g/mol. The van der Waals surface area contributed by atoms with Crippen molar-refractivity contribution in [2.45, 2.75) is 33.3 Å². The van der Waals surface area contributed by atoms with Gasteiger partial charge in [-0.25, -0.2) is 0 Å². The minimum atomic E-state index is -3.39. The molecule has 1 aromatic rings. The number of ketones is 1. The van der Waals surface area contributed by atoms with E-state index in [1.54, 1.807) is 26.0 Å². The highest BCUT2D eigenvalue weighted by molar-refractivity contribution is 7.54. The number of aliphatic hydroxyl groups excluding tert-OH is 1. The fourth-order valence-electron chi connectivity index (χ4n) is 1.92. The van der Waals surface area contributed by atoms with Crippen LogP contribution in [-0.4, -0.2) is 30.3 Å². The Hall–Kier alpha value is -1.00. The van der Waals surface area contributed by atoms with Crippen LogP contribution in [-0.2, 0) is 18.4 Å². The van der Waals surface area contributed by atoms with Gasteiger partial charge in [-0.1, -0.05) is 29.8 Å². The minimum Gasteiger partial charge on any atom is -0.388 e. The third-order valence-electron chi connectivity index (χ3n) is 2.90. The van der Waals surface area contributed by atoms with E-state index < -0.39 is 13.7 Å². The van der Waals surface area contributed by atoms with Crippen molar-refractivity contribution in [3.8, 4) is 0 Å². The van der Waals surface area contributed by atoms with Crippen LogP contribution in [0.4, 0.5) is 0 Å². The lowest BCUT2D eigenvalue weighted by Crippen LogP contribution is -2.13. The first-order valence-electron chi connectivity index (χ1n) is 7.04. The molecule has 0 saturated heterocycles. The Balaban J connectivity index is 2.63. The summed E-state index contributed by atoms with van der Waals surface area (Å²) in [5.74, 6) is -0.340. The van der Waals surface area contributed by atoms with E-state index in [9.17, 15) is 14.5 Å². The predicted molar refractivity (Wildman–Crippen MR) is 81.5 cm³/mol. The third-order valence-corrected chi connectivity index (χ3v) is 4.95. The average Bonchev–Trinajstić information content (AvgIpc) is 2.39. The van der Waals surface area contributed by atoms with Gasteiger partial charge in [0.05, 0.1) is 19.3 Å². The Morgan fingerprint density at radius 3 is 2.19 bits per heavy atom. The van der Waals surface area contributed by atoms with Crippen molar-refractivity contribution in [2.75, 3.05) is 19.4 Å². The van der Waals surface area contributed by atoms with Crippen molar-refractivity contribution >= 4 is 13.4 Å². The monoisotopic (exact) mass is 314 g/mol. The molecule has 1 aromatic carbocycles. The molecule has 1 atom stereocenters. The summed E-state index contributed by atoms with van der Waals surface area (Å²) < 4.78 is 22.4. The van der Waals surface area contributed by atoms with Crippen LogP contribution >= 0.6 is 7.60 Å². The summed E-state index contributed by atoms with van der Waals surface area (Å²) in [6, 6.07) is 7.29. The highest BCUT2D eigenvalue weighted by atomic mass is 31.2. The fraction of sp³-hybridized carbons (Fsp3) is 0.533. The molecule has 0 amide bonds. The second kappa shape index (κ2) is 8.44. The van der Waals surface area contributed by atoms with Gasteiger partial charge < -0.3 is 14.2 Å². The standard InChI is InChI=1S/C15H23O5P/c1-4-19-21(18,20-5-2)11-14(16)10-15(17)13-8-6-12(3)7-9-13/h6-9,15,17H,4-5,10-11H2,1-3H3/t15-/m1/s1. The van der Waals surface area contributed by atoms with E-state index in [0.717, 1.165) is 5.56 Å². The van der Waals surface area contributed by atoms with Gasteiger partial charge in [-0.05, 0) is 26.3 Å². The molecule has 0 saturated carbocycles. The van der Waals surface area contributed by atoms with Crippen molar-refractivity contribution < 1.29 is 23.5 Å². The van der Waals surface area contributed by atoms with E-state index in [1.807, 2.05) is 19.1 Å². The maximum atomic E-state index is 12.2. The first kappa shape index (κ1) is 18.1. The van der Waals surface area contributed by atoms with Crippen molar-refractivity contribution in [1.29, 1.82) is 0 Å². The molecule has 0 aliphatic carbocycles. The number of carbonyl (C=O) groups excluding carboxylic acids is 1. The number of hydrogen-bond acceptors (Lipinski definition) is 5. The van der Waals surface area contributed by atoms with E-state index in [4.69, 9.17) is 9.05 Å². The van der Waals surface area contributed by atoms with E-state index in [2.05, 4.69) is 0 Å². The van der Waals surface area contributed by atoms with Gasteiger partial charge in [-0.2, -0.15) is 0 Å². The maximum absolute atomic E-state index is 12.2. The van der Waals surface area contributed by atoms with Gasteiger partial charge >= 0.3 is 7.60 Å². The van der Waals surface area contributed by atoms with Crippen molar-refractivity contribution in [2.24, 2.45) is 0 Å². The molecule has 0 heterocycles. The Bertz CT molecular complexity index is 487. The maximum Gasteiger partial charge on any atom is 0.338 e. The molecule has 0 fully saturated rings. The van der Waals surface area contributed by atoms with Crippen LogP contribution in [0.1, 0.15) is 37.5 Å². The molecule has 0 aliphatic heterocycles. The third kappa shape index (κ3) is 6.10. The number of aryl methyl sites for hydroxylation is 1. The number of hydrogen-bond donors (Lipinski definition) is 1. The molecule has 6 heteroatoms. The largest absolute Gasteiger partial charge is 0.388 e. The quantitative estimate of drug-likeness (QED) is 0.708. The van der Waals surface area contributed by atoms with Crippen LogP contribution in [0.3, 0.4) is 0 Å². The van der Waals surface area contributed by atoms with Gasteiger partial charge in [0.2, 0.25) is 0 Å². The summed E-state index contributed by atoms with van der Waals surface area (Å²) in [5, 5.41) is 10.0. The SMILES string of the molecule is CCOP(=O)(CC(=O)C[C@@H](O)c1ccc(C)cc1)OCC. The number of Topliss-reactive ketones (excluding diaryl/α,β-unsaturated/α-hetero) is 1. The first-order chi connectivity index (χ1) is 9.90. The Morgan fingerprint density at radius 1 is 1.19 bits per heavy atom. The summed E-state index contributed by atoms with van der Waals surface area (Å²) >= 11 is 0. The molecule has 5 nitrogen and oxygen atoms in total. The van der Waals surface area contributed by atoms with E-state index in [0.29, 0.717) is 5.56 Å². The zero-order valence-corrected chi connectivity index (χ0v) is 13.6. The van der Waals surface area contributed by atoms with Crippen molar-refractivity contribution in [1.82, 2.24) is 0 Å². The highest BCUT2D eigenvalue weighted by Gasteiger charge is 2.28. The zero-order valence-electron chi connectivity index (χ0n) is 12.7. The Labute approximate surface area is 125 Å². The van der Waals surface area contributed by atoms with Gasteiger partial charge in [0.25, 0.3) is 0 Å². The number of rotatable bonds is 9. The van der Waals surface area contributed by atoms with Gasteiger partial charge in [0.1, 0.15) is 11.9 Å². The molecule has 118 valence electrons. The van der Waals surface area contributed by atoms with Gasteiger partial charge in [-0.3, -0.25) is 9.36 Å². The van der Waals surface area contributed by atoms with Gasteiger partial charge in [-0.15, -0.1) is 0 Å². The van der Waals surface area contributed by atoms with E-state index >= 15 is 0 Å². The lowest BCUT2D eigenvalue weighted by molar-refractivity contribution is -0.118. The normalized spacial score (nSPS) is 13.1. The lowest BCUT2D eigenvalue weighted by Gasteiger charge is -2.17. The summed E-state index contributed by atoms with van der Waals surface area (Å²) in [7, 11) is -3.39. The molecule has 0 aliphatic rings. The van der Waals surface area contributed by atoms with Gasteiger partial charge in [0, 0.05) is 6.42 Å². The number of carbonyl (C=O) groups is 1. The predicted octanol–water partition coefficient (Wildman–Crippen LogP) is 3.25. The molecule has 1 rings (SSSR count). The van der Waals surface area contributed by atoms with Crippen LogP contribution in [0.2, 0.25) is 0 Å². The molecular weight excluding hydrogens is 291 g/mol. The van der Waals surface area contributed by atoms with E-state index in [-0.39, 0.29) is 31.6 Å². The Kier molecular flexibility index (Phi) is 7.26. The van der Waals surface area contributed by atoms with Crippen LogP contribution in [0.15, 0.2) is 24.3 Å². The molecule has 0 bridgehead atoms. The fourth-order valence-corrected chi connectivity index (χ4v) is 3.53. The summed E-state index contributed by atoms with van der Waals surface area (Å²) in [5.41, 5.74) is 1.74. The highest BCUT2D eigenvalue weighted by Crippen LogP contribution is 2.48. The van der Waals surface area contributed by atoms with Crippen LogP contribution in [0.5, 0.6) is 0 Å². The Morgan fingerprint density at radius 2 is 1.71 bits per heavy atom. The van der Waals surface area contributed by atoms with Crippen LogP contribution in [0, 0.1) is 6.92 Å². The minimum absolute atomic E-state index is 0.104. The molecular formula is C15H23O5P. The van der Waals surface area contributed by atoms with Gasteiger partial charge in [0.15, 0.2) is 0 Å². The summed E-state index contributed by atoms with van der Waals surface area (Å²) in [6.45, 7) is 5.76. The smallest absolute Gasteiger partial charge is 0.338 e.